The van der Waals surface area contributed by atoms with E-state index in [1.807, 2.05) is 25.2 Å². The smallest absolute Gasteiger partial charge is 0.209 e. The molecule has 136 valence electrons. The maximum absolute atomic E-state index is 9.18. The van der Waals surface area contributed by atoms with Crippen molar-refractivity contribution in [2.24, 2.45) is 28.2 Å². The fourth-order valence-electron chi connectivity index (χ4n) is 6.09. The number of nitrogens with one attached hydrogen (secondary N) is 2. The van der Waals surface area contributed by atoms with Gasteiger partial charge in [0.15, 0.2) is 6.19 Å². The van der Waals surface area contributed by atoms with E-state index in [0.29, 0.717) is 11.4 Å². The van der Waals surface area contributed by atoms with Crippen molar-refractivity contribution in [3.63, 3.8) is 0 Å². The number of nitrogens with zero attached hydrogens (tertiary/aromatic N) is 2. The zero-order chi connectivity index (χ0) is 18.3. The van der Waals surface area contributed by atoms with Crippen LogP contribution in [0.25, 0.3) is 5.57 Å². The first-order valence-electron chi connectivity index (χ1n) is 9.73. The van der Waals surface area contributed by atoms with E-state index in [-0.39, 0.29) is 0 Å². The molecular weight excluding hydrogens is 320 g/mol. The number of benzene rings is 1. The average Bonchev–Trinajstić information content (AvgIpc) is 2.97. The van der Waals surface area contributed by atoms with E-state index in [4.69, 9.17) is 4.99 Å². The molecule has 26 heavy (non-hydrogen) atoms. The van der Waals surface area contributed by atoms with Crippen LogP contribution in [0.1, 0.15) is 50.2 Å². The van der Waals surface area contributed by atoms with Crippen LogP contribution in [0.4, 0.5) is 5.69 Å². The number of nitriles is 1. The Balaban J connectivity index is 1.56. The molecule has 2 atom stereocenters. The zero-order valence-corrected chi connectivity index (χ0v) is 15.8. The first kappa shape index (κ1) is 17.1. The van der Waals surface area contributed by atoms with E-state index in [1.165, 1.54) is 37.7 Å². The Bertz CT molecular complexity index is 787. The van der Waals surface area contributed by atoms with Crippen molar-refractivity contribution in [3.8, 4) is 6.19 Å². The second-order valence-electron chi connectivity index (χ2n) is 8.71. The average molecular weight is 348 g/mol. The molecule has 0 heterocycles. The summed E-state index contributed by atoms with van der Waals surface area (Å²) in [5.74, 6) is 3.26. The second kappa shape index (κ2) is 6.46. The molecule has 0 saturated heterocycles. The van der Waals surface area contributed by atoms with Gasteiger partial charge in [0.25, 0.3) is 0 Å². The number of aliphatic imine (C=N–C) groups is 1. The minimum atomic E-state index is 0.390. The van der Waals surface area contributed by atoms with Crippen LogP contribution in [0.3, 0.4) is 0 Å². The van der Waals surface area contributed by atoms with Gasteiger partial charge in [-0.15, -0.1) is 0 Å². The van der Waals surface area contributed by atoms with E-state index in [0.717, 1.165) is 41.1 Å². The second-order valence-corrected chi connectivity index (χ2v) is 8.71. The lowest BCUT2D eigenvalue weighted by Gasteiger charge is -2.31. The van der Waals surface area contributed by atoms with Crippen LogP contribution in [-0.4, -0.2) is 12.5 Å². The molecule has 5 rings (SSSR count). The number of rotatable bonds is 4. The SMILES string of the molecule is C=C(C)c1c(C)cccc1NC(=NCC12CC3CC(CC1C3)C2)NC#N. The minimum absolute atomic E-state index is 0.390. The summed E-state index contributed by atoms with van der Waals surface area (Å²) in [6.45, 7) is 9.02. The monoisotopic (exact) mass is 348 g/mol. The van der Waals surface area contributed by atoms with Crippen molar-refractivity contribution < 1.29 is 0 Å². The molecule has 2 N–H and O–H groups in total. The van der Waals surface area contributed by atoms with E-state index < -0.39 is 0 Å². The molecule has 4 aliphatic carbocycles. The fourth-order valence-corrected chi connectivity index (χ4v) is 6.09. The van der Waals surface area contributed by atoms with Gasteiger partial charge in [0.1, 0.15) is 0 Å². The lowest BCUT2D eigenvalue weighted by Crippen LogP contribution is -2.32. The van der Waals surface area contributed by atoms with Gasteiger partial charge in [0, 0.05) is 17.8 Å². The highest BCUT2D eigenvalue weighted by Crippen LogP contribution is 2.65. The van der Waals surface area contributed by atoms with Crippen molar-refractivity contribution in [3.05, 3.63) is 35.9 Å². The van der Waals surface area contributed by atoms with Crippen molar-refractivity contribution in [1.29, 1.82) is 5.26 Å². The number of anilines is 1. The summed E-state index contributed by atoms with van der Waals surface area (Å²) < 4.78 is 0. The number of allylic oxidation sites excluding steroid dienone is 1. The topological polar surface area (TPSA) is 60.2 Å². The minimum Gasteiger partial charge on any atom is -0.325 e. The van der Waals surface area contributed by atoms with E-state index in [9.17, 15) is 5.26 Å². The van der Waals surface area contributed by atoms with Crippen LogP contribution < -0.4 is 10.6 Å². The summed E-state index contributed by atoms with van der Waals surface area (Å²) in [7, 11) is 0. The summed E-state index contributed by atoms with van der Waals surface area (Å²) in [6.07, 6.45) is 8.94. The van der Waals surface area contributed by atoms with Gasteiger partial charge < -0.3 is 5.32 Å². The van der Waals surface area contributed by atoms with Crippen molar-refractivity contribution in [1.82, 2.24) is 5.32 Å². The lowest BCUT2D eigenvalue weighted by atomic mass is 9.75. The molecule has 0 spiro atoms. The van der Waals surface area contributed by atoms with Gasteiger partial charge in [-0.2, -0.15) is 5.26 Å². The third-order valence-corrected chi connectivity index (χ3v) is 6.84. The van der Waals surface area contributed by atoms with E-state index in [2.05, 4.69) is 30.2 Å². The Hall–Kier alpha value is -2.28. The van der Waals surface area contributed by atoms with Crippen LogP contribution in [0.2, 0.25) is 0 Å². The molecule has 0 aliphatic heterocycles. The van der Waals surface area contributed by atoms with Crippen LogP contribution in [0.5, 0.6) is 0 Å². The van der Waals surface area contributed by atoms with Gasteiger partial charge >= 0.3 is 0 Å². The molecule has 2 unspecified atom stereocenters. The highest BCUT2D eigenvalue weighted by atomic mass is 15.2. The normalized spacial score (nSPS) is 31.7. The standard InChI is InChI=1S/C22H28N4/c1-14(2)20-15(3)5-4-6-19(20)26-21(25-13-23)24-12-22-10-16-7-17(11-22)9-18(22)8-16/h4-6,16-18H,1,7-12H2,2-3H3,(H2,24,25,26). The van der Waals surface area contributed by atoms with Gasteiger partial charge in [-0.25, -0.2) is 0 Å². The van der Waals surface area contributed by atoms with Crippen molar-refractivity contribution in [2.75, 3.05) is 11.9 Å². The summed E-state index contributed by atoms with van der Waals surface area (Å²) in [5.41, 5.74) is 4.62. The maximum atomic E-state index is 9.18. The van der Waals surface area contributed by atoms with E-state index >= 15 is 0 Å². The molecular formula is C22H28N4. The number of aryl methyl sites for hydroxylation is 1. The summed E-state index contributed by atoms with van der Waals surface area (Å²) in [6, 6.07) is 6.12. The van der Waals surface area contributed by atoms with Gasteiger partial charge in [0.05, 0.1) is 0 Å². The molecule has 4 nitrogen and oxygen atoms in total. The summed E-state index contributed by atoms with van der Waals surface area (Å²) >= 11 is 0. The molecule has 0 aromatic heterocycles. The number of guanidine groups is 1. The largest absolute Gasteiger partial charge is 0.325 e. The molecule has 1 aromatic rings. The molecule has 4 bridgehead atoms. The van der Waals surface area contributed by atoms with Gasteiger partial charge in [-0.1, -0.05) is 18.7 Å². The Morgan fingerprint density at radius 3 is 2.69 bits per heavy atom. The predicted molar refractivity (Wildman–Crippen MR) is 107 cm³/mol. The highest BCUT2D eigenvalue weighted by molar-refractivity contribution is 5.97. The molecule has 4 aliphatic rings. The fraction of sp³-hybridized carbons (Fsp3) is 0.545. The first-order chi connectivity index (χ1) is 12.5. The molecule has 4 saturated carbocycles. The van der Waals surface area contributed by atoms with Gasteiger partial charge in [-0.3, -0.25) is 10.3 Å². The molecule has 4 fully saturated rings. The summed E-state index contributed by atoms with van der Waals surface area (Å²) in [5, 5.41) is 15.3. The van der Waals surface area contributed by atoms with Crippen LogP contribution in [0, 0.1) is 41.5 Å². The van der Waals surface area contributed by atoms with Gasteiger partial charge in [0.2, 0.25) is 5.96 Å². The Morgan fingerprint density at radius 1 is 1.31 bits per heavy atom. The van der Waals surface area contributed by atoms with Crippen LogP contribution >= 0.6 is 0 Å². The molecule has 1 aromatic carbocycles. The quantitative estimate of drug-likeness (QED) is 0.359. The highest BCUT2D eigenvalue weighted by Gasteiger charge is 2.57. The Morgan fingerprint density at radius 2 is 2.04 bits per heavy atom. The Kier molecular flexibility index (Phi) is 4.26. The first-order valence-corrected chi connectivity index (χ1v) is 9.73. The third-order valence-electron chi connectivity index (χ3n) is 6.84. The predicted octanol–water partition coefficient (Wildman–Crippen LogP) is 4.69. The number of hydrogen-bond acceptors (Lipinski definition) is 2. The molecule has 0 amide bonds. The van der Waals surface area contributed by atoms with Crippen LogP contribution in [-0.2, 0) is 0 Å². The zero-order valence-electron chi connectivity index (χ0n) is 15.8. The van der Waals surface area contributed by atoms with E-state index in [1.54, 1.807) is 0 Å². The maximum Gasteiger partial charge on any atom is 0.209 e. The molecule has 4 heteroatoms. The van der Waals surface area contributed by atoms with Gasteiger partial charge in [-0.05, 0) is 86.3 Å². The Labute approximate surface area is 156 Å². The lowest BCUT2D eigenvalue weighted by molar-refractivity contribution is 0.210. The number of hydrogen-bond donors (Lipinski definition) is 2. The summed E-state index contributed by atoms with van der Waals surface area (Å²) in [4.78, 5) is 4.85. The molecule has 0 radical (unpaired) electrons. The third kappa shape index (κ3) is 2.90. The van der Waals surface area contributed by atoms with Crippen molar-refractivity contribution >= 4 is 17.2 Å². The van der Waals surface area contributed by atoms with Crippen molar-refractivity contribution in [2.45, 2.75) is 46.0 Å². The van der Waals surface area contributed by atoms with Crippen LogP contribution in [0.15, 0.2) is 29.8 Å².